The third-order valence-electron chi connectivity index (χ3n) is 8.58. The molecule has 0 radical (unpaired) electrons. The second kappa shape index (κ2) is 17.0. The number of benzene rings is 8. The Morgan fingerprint density at radius 1 is 0.510 bits per heavy atom. The molecule has 236 valence electrons. The van der Waals surface area contributed by atoms with Gasteiger partial charge in [-0.05, 0) is 89.0 Å². The van der Waals surface area contributed by atoms with Crippen molar-refractivity contribution in [2.45, 2.75) is 19.8 Å². The third-order valence-corrected chi connectivity index (χ3v) is 9.27. The van der Waals surface area contributed by atoms with Crippen molar-refractivity contribution in [3.8, 4) is 22.3 Å². The van der Waals surface area contributed by atoms with E-state index in [-0.39, 0.29) is 18.9 Å². The molecule has 0 atom stereocenters. The Balaban J connectivity index is 0.000000170. The first kappa shape index (κ1) is 36.2. The molecule has 0 fully saturated rings. The Labute approximate surface area is 309 Å². The van der Waals surface area contributed by atoms with E-state index in [2.05, 4.69) is 139 Å². The van der Waals surface area contributed by atoms with Crippen LogP contribution in [0, 0.1) is 6.92 Å². The molecule has 0 aliphatic carbocycles. The molecule has 0 amide bonds. The van der Waals surface area contributed by atoms with Gasteiger partial charge in [0.2, 0.25) is 0 Å². The Kier molecular flexibility index (Phi) is 12.5. The fourth-order valence-corrected chi connectivity index (χ4v) is 6.50. The second-order valence-electron chi connectivity index (χ2n) is 11.7. The largest absolute Gasteiger partial charge is 1.00 e. The number of hydrogen-bond donors (Lipinski definition) is 2. The van der Waals surface area contributed by atoms with Crippen molar-refractivity contribution in [2.24, 2.45) is 0 Å². The number of hydrogen-bond acceptors (Lipinski definition) is 2. The zero-order valence-corrected chi connectivity index (χ0v) is 29.6. The summed E-state index contributed by atoms with van der Waals surface area (Å²) >= 11 is 3.64. The maximum Gasteiger partial charge on any atom is 1.00 e. The van der Waals surface area contributed by atoms with Gasteiger partial charge in [0, 0.05) is 4.47 Å². The molecule has 0 aliphatic heterocycles. The second-order valence-corrected chi connectivity index (χ2v) is 12.6. The van der Waals surface area contributed by atoms with Gasteiger partial charge in [0.15, 0.2) is 0 Å². The number of rotatable bonds is 4. The molecule has 8 rings (SSSR count). The molecule has 2 N–H and O–H groups in total. The van der Waals surface area contributed by atoms with E-state index in [1.807, 2.05) is 42.5 Å². The van der Waals surface area contributed by atoms with E-state index in [1.165, 1.54) is 49.9 Å². The SMILES string of the molecule is Brc1ccc(-c2ccc3ccccc3c2)c2ccccc12.OB(O)c1ccc(-c2ccc3ccccc3c2)c2ccccc12.[CH2-]CCC.[Li+]. The summed E-state index contributed by atoms with van der Waals surface area (Å²) in [6.07, 6.45) is 2.28. The minimum Gasteiger partial charge on any atom is -0.423 e. The standard InChI is InChI=1S/C20H15BO2.C20H13Br.C4H9.Li/c22-21(23)20-12-11-17(18-7-3-4-8-19(18)20)16-10-9-14-5-1-2-6-15(14)13-16;21-20-12-11-17(18-7-3-4-8-19(18)20)16-10-9-14-5-1-2-6-15(14)13-16;1-3-4-2;/h1-13,22-23H;1-13H;1,3-4H2,2H3;/q;;-1;+1. The van der Waals surface area contributed by atoms with Crippen LogP contribution in [0.4, 0.5) is 0 Å². The Morgan fingerprint density at radius 2 is 0.918 bits per heavy atom. The summed E-state index contributed by atoms with van der Waals surface area (Å²) in [4.78, 5) is 0. The zero-order valence-electron chi connectivity index (χ0n) is 28.0. The summed E-state index contributed by atoms with van der Waals surface area (Å²) in [6, 6.07) is 54.3. The van der Waals surface area contributed by atoms with Crippen LogP contribution in [0.15, 0.2) is 162 Å². The quantitative estimate of drug-likeness (QED) is 0.144. The molecule has 8 aromatic rings. The van der Waals surface area contributed by atoms with E-state index < -0.39 is 7.12 Å². The fraction of sp³-hybridized carbons (Fsp3) is 0.0682. The van der Waals surface area contributed by atoms with E-state index in [9.17, 15) is 10.0 Å². The van der Waals surface area contributed by atoms with E-state index in [0.29, 0.717) is 5.46 Å². The average Bonchev–Trinajstić information content (AvgIpc) is 3.14. The van der Waals surface area contributed by atoms with Crippen molar-refractivity contribution in [1.82, 2.24) is 0 Å². The van der Waals surface area contributed by atoms with Crippen molar-refractivity contribution in [3.63, 3.8) is 0 Å². The molecule has 2 nitrogen and oxygen atoms in total. The normalized spacial score (nSPS) is 10.6. The molecular weight excluding hydrogens is 658 g/mol. The van der Waals surface area contributed by atoms with Crippen molar-refractivity contribution >= 4 is 71.6 Å². The van der Waals surface area contributed by atoms with Crippen LogP contribution in [-0.2, 0) is 0 Å². The summed E-state index contributed by atoms with van der Waals surface area (Å²) in [5, 5.41) is 28.5. The molecule has 0 spiro atoms. The van der Waals surface area contributed by atoms with Gasteiger partial charge in [-0.25, -0.2) is 0 Å². The Bertz CT molecular complexity index is 2330. The van der Waals surface area contributed by atoms with E-state index in [0.717, 1.165) is 32.8 Å². The molecule has 0 unspecified atom stereocenters. The summed E-state index contributed by atoms with van der Waals surface area (Å²) in [5.74, 6) is 0. The maximum atomic E-state index is 9.58. The first-order valence-electron chi connectivity index (χ1n) is 16.3. The zero-order chi connectivity index (χ0) is 33.5. The molecular formula is C44H37BBrLiO2. The van der Waals surface area contributed by atoms with E-state index >= 15 is 0 Å². The first-order chi connectivity index (χ1) is 23.5. The summed E-state index contributed by atoms with van der Waals surface area (Å²) in [5.41, 5.74) is 5.29. The monoisotopic (exact) mass is 694 g/mol. The van der Waals surface area contributed by atoms with Crippen LogP contribution in [0.3, 0.4) is 0 Å². The molecule has 0 heterocycles. The maximum absolute atomic E-state index is 9.58. The molecule has 0 saturated heterocycles. The topological polar surface area (TPSA) is 40.5 Å². The van der Waals surface area contributed by atoms with Gasteiger partial charge in [-0.15, -0.1) is 0 Å². The van der Waals surface area contributed by atoms with Crippen molar-refractivity contribution < 1.29 is 28.9 Å². The van der Waals surface area contributed by atoms with Crippen molar-refractivity contribution in [3.05, 3.63) is 169 Å². The van der Waals surface area contributed by atoms with Gasteiger partial charge in [0.05, 0.1) is 0 Å². The van der Waals surface area contributed by atoms with Gasteiger partial charge >= 0.3 is 26.0 Å². The van der Waals surface area contributed by atoms with Crippen LogP contribution in [-0.4, -0.2) is 17.2 Å². The Morgan fingerprint density at radius 3 is 1.41 bits per heavy atom. The smallest absolute Gasteiger partial charge is 0.423 e. The molecule has 8 aromatic carbocycles. The summed E-state index contributed by atoms with van der Waals surface area (Å²) in [6.45, 7) is 5.72. The van der Waals surface area contributed by atoms with Crippen LogP contribution < -0.4 is 24.3 Å². The van der Waals surface area contributed by atoms with Crippen LogP contribution >= 0.6 is 15.9 Å². The number of unbranched alkanes of at least 4 members (excludes halogenated alkanes) is 1. The van der Waals surface area contributed by atoms with Gasteiger partial charge in [-0.3, -0.25) is 0 Å². The molecule has 49 heavy (non-hydrogen) atoms. The molecule has 0 saturated carbocycles. The summed E-state index contributed by atoms with van der Waals surface area (Å²) in [7, 11) is -1.47. The van der Waals surface area contributed by atoms with E-state index in [1.54, 1.807) is 6.07 Å². The van der Waals surface area contributed by atoms with Crippen LogP contribution in [0.1, 0.15) is 19.8 Å². The molecule has 0 aromatic heterocycles. The van der Waals surface area contributed by atoms with Gasteiger partial charge in [-0.2, -0.15) is 6.42 Å². The Hall–Kier alpha value is -4.14. The fourth-order valence-electron chi connectivity index (χ4n) is 6.03. The minimum absolute atomic E-state index is 0. The average molecular weight is 695 g/mol. The van der Waals surface area contributed by atoms with Crippen LogP contribution in [0.5, 0.6) is 0 Å². The minimum atomic E-state index is -1.47. The number of halogens is 1. The predicted molar refractivity (Wildman–Crippen MR) is 212 cm³/mol. The summed E-state index contributed by atoms with van der Waals surface area (Å²) < 4.78 is 1.14. The van der Waals surface area contributed by atoms with Crippen LogP contribution in [0.2, 0.25) is 0 Å². The third kappa shape index (κ3) is 8.19. The molecule has 0 bridgehead atoms. The first-order valence-corrected chi connectivity index (χ1v) is 17.1. The van der Waals surface area contributed by atoms with Crippen LogP contribution in [0.25, 0.3) is 65.3 Å². The van der Waals surface area contributed by atoms with Gasteiger partial charge in [-0.1, -0.05) is 169 Å². The van der Waals surface area contributed by atoms with Crippen molar-refractivity contribution in [1.29, 1.82) is 0 Å². The molecule has 0 aliphatic rings. The number of fused-ring (bicyclic) bond motifs is 4. The van der Waals surface area contributed by atoms with Gasteiger partial charge in [0.1, 0.15) is 0 Å². The van der Waals surface area contributed by atoms with Gasteiger partial charge in [0.25, 0.3) is 0 Å². The molecule has 5 heteroatoms. The van der Waals surface area contributed by atoms with Crippen molar-refractivity contribution in [2.75, 3.05) is 0 Å². The van der Waals surface area contributed by atoms with Gasteiger partial charge < -0.3 is 17.0 Å². The predicted octanol–water partition coefficient (Wildman–Crippen LogP) is 8.39. The van der Waals surface area contributed by atoms with E-state index in [4.69, 9.17) is 0 Å².